The molecule has 4 heteroatoms. The number of hydrogen-bond donors (Lipinski definition) is 1. The molecule has 1 aromatic carbocycles. The summed E-state index contributed by atoms with van der Waals surface area (Å²) in [5.74, 6) is 0. The van der Waals surface area contributed by atoms with Crippen LogP contribution in [0, 0.1) is 11.3 Å². The molecule has 0 aliphatic rings. The Labute approximate surface area is 118 Å². The van der Waals surface area contributed by atoms with Crippen molar-refractivity contribution in [3.63, 3.8) is 0 Å². The van der Waals surface area contributed by atoms with E-state index in [0.29, 0.717) is 12.1 Å². The highest BCUT2D eigenvalue weighted by Gasteiger charge is 2.11. The second kappa shape index (κ2) is 6.69. The summed E-state index contributed by atoms with van der Waals surface area (Å²) >= 11 is 0. The fourth-order valence-electron chi connectivity index (χ4n) is 2.10. The average molecular weight is 267 g/mol. The van der Waals surface area contributed by atoms with Crippen LogP contribution in [0.3, 0.4) is 0 Å². The molecule has 0 radical (unpaired) electrons. The zero-order valence-corrected chi connectivity index (χ0v) is 11.5. The maximum absolute atomic E-state index is 9.27. The second-order valence-electron chi connectivity index (χ2n) is 4.46. The number of aliphatic hydroxyl groups excluding tert-OH is 1. The molecule has 0 amide bonds. The molecule has 0 fully saturated rings. The number of hydrogen-bond acceptors (Lipinski definition) is 4. The highest BCUT2D eigenvalue weighted by atomic mass is 16.3. The molecule has 2 aromatic rings. The second-order valence-corrected chi connectivity index (χ2v) is 4.46. The van der Waals surface area contributed by atoms with Gasteiger partial charge in [-0.3, -0.25) is 4.98 Å². The zero-order chi connectivity index (χ0) is 14.4. The van der Waals surface area contributed by atoms with Crippen LogP contribution in [0.2, 0.25) is 0 Å². The number of pyridine rings is 1. The van der Waals surface area contributed by atoms with Gasteiger partial charge in [0.05, 0.1) is 30.1 Å². The van der Waals surface area contributed by atoms with Crippen molar-refractivity contribution in [3.05, 3.63) is 59.4 Å². The summed E-state index contributed by atoms with van der Waals surface area (Å²) in [5, 5.41) is 18.4. The molecule has 20 heavy (non-hydrogen) atoms. The van der Waals surface area contributed by atoms with Gasteiger partial charge in [0.2, 0.25) is 0 Å². The van der Waals surface area contributed by atoms with Gasteiger partial charge in [0, 0.05) is 12.7 Å². The minimum absolute atomic E-state index is 0.0542. The molecular formula is C16H17N3O. The van der Waals surface area contributed by atoms with Gasteiger partial charge in [0.25, 0.3) is 0 Å². The molecule has 0 aliphatic heterocycles. The Morgan fingerprint density at radius 1 is 1.30 bits per heavy atom. The number of rotatable bonds is 5. The molecule has 1 N–H and O–H groups in total. The lowest BCUT2D eigenvalue weighted by atomic mass is 10.1. The van der Waals surface area contributed by atoms with E-state index >= 15 is 0 Å². The summed E-state index contributed by atoms with van der Waals surface area (Å²) in [6.07, 6.45) is 1.77. The van der Waals surface area contributed by atoms with E-state index in [4.69, 9.17) is 5.11 Å². The fraction of sp³-hybridized carbons (Fsp3) is 0.250. The molecule has 0 atom stereocenters. The van der Waals surface area contributed by atoms with E-state index < -0.39 is 0 Å². The third-order valence-electron chi connectivity index (χ3n) is 3.17. The molecule has 0 saturated carbocycles. The Balaban J connectivity index is 2.30. The summed E-state index contributed by atoms with van der Waals surface area (Å²) in [4.78, 5) is 6.42. The van der Waals surface area contributed by atoms with Crippen LogP contribution in [0.1, 0.15) is 23.7 Å². The van der Waals surface area contributed by atoms with Crippen molar-refractivity contribution in [1.82, 2.24) is 4.98 Å². The minimum Gasteiger partial charge on any atom is -0.392 e. The molecular weight excluding hydrogens is 250 g/mol. The standard InChI is InChI=1S/C16H17N3O/c1-2-19(11-15-5-3-4-8-18-15)16-7-6-13(12-20)9-14(16)10-17/h3-9,20H,2,11-12H2,1H3. The van der Waals surface area contributed by atoms with Crippen molar-refractivity contribution in [1.29, 1.82) is 5.26 Å². The fourth-order valence-corrected chi connectivity index (χ4v) is 2.10. The molecule has 0 aliphatic carbocycles. The van der Waals surface area contributed by atoms with Gasteiger partial charge < -0.3 is 10.0 Å². The van der Waals surface area contributed by atoms with E-state index in [2.05, 4.69) is 16.0 Å². The Morgan fingerprint density at radius 2 is 2.15 bits per heavy atom. The van der Waals surface area contributed by atoms with Crippen molar-refractivity contribution >= 4 is 5.69 Å². The monoisotopic (exact) mass is 267 g/mol. The van der Waals surface area contributed by atoms with E-state index in [1.54, 1.807) is 12.3 Å². The summed E-state index contributed by atoms with van der Waals surface area (Å²) < 4.78 is 0. The van der Waals surface area contributed by atoms with Gasteiger partial charge in [-0.2, -0.15) is 5.26 Å². The highest BCUT2D eigenvalue weighted by molar-refractivity contribution is 5.60. The van der Waals surface area contributed by atoms with Crippen LogP contribution in [0.5, 0.6) is 0 Å². The molecule has 0 spiro atoms. The summed E-state index contributed by atoms with van der Waals surface area (Å²) in [5.41, 5.74) is 3.16. The van der Waals surface area contributed by atoms with Crippen molar-refractivity contribution < 1.29 is 5.11 Å². The number of nitriles is 1. The van der Waals surface area contributed by atoms with E-state index in [1.807, 2.05) is 37.3 Å². The first-order valence-corrected chi connectivity index (χ1v) is 6.57. The third kappa shape index (κ3) is 3.14. The summed E-state index contributed by atoms with van der Waals surface area (Å²) in [7, 11) is 0. The van der Waals surface area contributed by atoms with Gasteiger partial charge in [-0.15, -0.1) is 0 Å². The Kier molecular flexibility index (Phi) is 4.70. The van der Waals surface area contributed by atoms with E-state index in [1.165, 1.54) is 0 Å². The first-order chi connectivity index (χ1) is 9.78. The number of aliphatic hydroxyl groups is 1. The summed E-state index contributed by atoms with van der Waals surface area (Å²) in [6, 6.07) is 13.5. The first-order valence-electron chi connectivity index (χ1n) is 6.57. The van der Waals surface area contributed by atoms with Gasteiger partial charge in [0.15, 0.2) is 0 Å². The van der Waals surface area contributed by atoms with Gasteiger partial charge >= 0.3 is 0 Å². The predicted octanol–water partition coefficient (Wildman–Crippen LogP) is 2.47. The number of anilines is 1. The van der Waals surface area contributed by atoms with Crippen LogP contribution in [0.15, 0.2) is 42.6 Å². The quantitative estimate of drug-likeness (QED) is 0.904. The molecule has 4 nitrogen and oxygen atoms in total. The van der Waals surface area contributed by atoms with Crippen LogP contribution in [-0.2, 0) is 13.2 Å². The topological polar surface area (TPSA) is 60.1 Å². The van der Waals surface area contributed by atoms with Crippen LogP contribution < -0.4 is 4.90 Å². The largest absolute Gasteiger partial charge is 0.392 e. The normalized spacial score (nSPS) is 10.1. The molecule has 1 aromatic heterocycles. The lowest BCUT2D eigenvalue weighted by Crippen LogP contribution is -2.23. The maximum Gasteiger partial charge on any atom is 0.101 e. The van der Waals surface area contributed by atoms with E-state index in [9.17, 15) is 5.26 Å². The van der Waals surface area contributed by atoms with Crippen LogP contribution in [0.25, 0.3) is 0 Å². The molecule has 1 heterocycles. The lowest BCUT2D eigenvalue weighted by Gasteiger charge is -2.24. The highest BCUT2D eigenvalue weighted by Crippen LogP contribution is 2.23. The average Bonchev–Trinajstić information content (AvgIpc) is 2.53. The van der Waals surface area contributed by atoms with Crippen LogP contribution in [-0.4, -0.2) is 16.6 Å². The van der Waals surface area contributed by atoms with Crippen LogP contribution in [0.4, 0.5) is 5.69 Å². The van der Waals surface area contributed by atoms with E-state index in [0.717, 1.165) is 23.5 Å². The van der Waals surface area contributed by atoms with Gasteiger partial charge in [-0.1, -0.05) is 12.1 Å². The number of benzene rings is 1. The Bertz CT molecular complexity index is 605. The SMILES string of the molecule is CCN(Cc1ccccn1)c1ccc(CO)cc1C#N. The zero-order valence-electron chi connectivity index (χ0n) is 11.5. The van der Waals surface area contributed by atoms with Crippen molar-refractivity contribution in [2.45, 2.75) is 20.1 Å². The van der Waals surface area contributed by atoms with Crippen molar-refractivity contribution in [2.24, 2.45) is 0 Å². The van der Waals surface area contributed by atoms with Gasteiger partial charge in [-0.25, -0.2) is 0 Å². The number of nitrogens with zero attached hydrogens (tertiary/aromatic N) is 3. The molecule has 0 bridgehead atoms. The Hall–Kier alpha value is -2.38. The molecule has 102 valence electrons. The maximum atomic E-state index is 9.27. The predicted molar refractivity (Wildman–Crippen MR) is 78.0 cm³/mol. The first kappa shape index (κ1) is 14.0. The van der Waals surface area contributed by atoms with Crippen LogP contribution >= 0.6 is 0 Å². The molecule has 2 rings (SSSR count). The summed E-state index contributed by atoms with van der Waals surface area (Å²) in [6.45, 7) is 3.43. The smallest absolute Gasteiger partial charge is 0.101 e. The number of aromatic nitrogens is 1. The lowest BCUT2D eigenvalue weighted by molar-refractivity contribution is 0.282. The van der Waals surface area contributed by atoms with Crippen molar-refractivity contribution in [2.75, 3.05) is 11.4 Å². The van der Waals surface area contributed by atoms with E-state index in [-0.39, 0.29) is 6.61 Å². The van der Waals surface area contributed by atoms with Gasteiger partial charge in [0.1, 0.15) is 6.07 Å². The minimum atomic E-state index is -0.0542. The van der Waals surface area contributed by atoms with Crippen molar-refractivity contribution in [3.8, 4) is 6.07 Å². The van der Waals surface area contributed by atoms with Gasteiger partial charge in [-0.05, 0) is 36.8 Å². The Morgan fingerprint density at radius 3 is 2.75 bits per heavy atom. The third-order valence-corrected chi connectivity index (χ3v) is 3.17. The molecule has 0 unspecified atom stereocenters. The molecule has 0 saturated heterocycles.